The SMILES string of the molecule is CCOc1cc(C(=O)NC2CCN(C(=O)Nc3ccccc3)CC2)ccc1OCc1ccncc1. The standard InChI is InChI=1S/C27H30N4O4/c1-2-34-25-18-21(8-9-24(25)35-19-20-10-14-28-15-11-20)26(32)29-23-12-16-31(17-13-23)27(33)30-22-6-4-3-5-7-22/h3-11,14-15,18,23H,2,12-13,16-17,19H2,1H3,(H,29,32)(H,30,33). The van der Waals surface area contributed by atoms with Crippen LogP contribution in [0.1, 0.15) is 35.7 Å². The Morgan fingerprint density at radius 1 is 0.971 bits per heavy atom. The molecule has 1 saturated heterocycles. The average Bonchev–Trinajstić information content (AvgIpc) is 2.89. The molecule has 1 aliphatic rings. The molecule has 0 aliphatic carbocycles. The van der Waals surface area contributed by atoms with Gasteiger partial charge in [-0.3, -0.25) is 9.78 Å². The first-order valence-electron chi connectivity index (χ1n) is 11.8. The van der Waals surface area contributed by atoms with E-state index in [0.29, 0.717) is 56.2 Å². The van der Waals surface area contributed by atoms with Crippen molar-refractivity contribution < 1.29 is 19.1 Å². The predicted octanol–water partition coefficient (Wildman–Crippen LogP) is 4.49. The van der Waals surface area contributed by atoms with Crippen LogP contribution in [0.4, 0.5) is 10.5 Å². The lowest BCUT2D eigenvalue weighted by Crippen LogP contribution is -2.47. The first-order valence-corrected chi connectivity index (χ1v) is 11.8. The van der Waals surface area contributed by atoms with Gasteiger partial charge < -0.3 is 25.0 Å². The fraction of sp³-hybridized carbons (Fsp3) is 0.296. The normalized spacial score (nSPS) is 13.7. The lowest BCUT2D eigenvalue weighted by atomic mass is 10.0. The lowest BCUT2D eigenvalue weighted by molar-refractivity contribution is 0.0918. The highest BCUT2D eigenvalue weighted by Crippen LogP contribution is 2.29. The highest BCUT2D eigenvalue weighted by atomic mass is 16.5. The smallest absolute Gasteiger partial charge is 0.321 e. The Balaban J connectivity index is 1.30. The Kier molecular flexibility index (Phi) is 8.17. The van der Waals surface area contributed by atoms with E-state index < -0.39 is 0 Å². The zero-order valence-corrected chi connectivity index (χ0v) is 19.8. The number of ether oxygens (including phenoxy) is 2. The Labute approximate surface area is 205 Å². The van der Waals surface area contributed by atoms with Gasteiger partial charge in [0.2, 0.25) is 0 Å². The topological polar surface area (TPSA) is 92.8 Å². The number of carbonyl (C=O) groups is 2. The van der Waals surface area contributed by atoms with Gasteiger partial charge in [0.05, 0.1) is 6.61 Å². The summed E-state index contributed by atoms with van der Waals surface area (Å²) in [6, 6.07) is 18.3. The molecule has 3 amide bonds. The maximum Gasteiger partial charge on any atom is 0.321 e. The van der Waals surface area contributed by atoms with E-state index in [9.17, 15) is 9.59 Å². The number of carbonyl (C=O) groups excluding carboxylic acids is 2. The molecule has 3 aromatic rings. The van der Waals surface area contributed by atoms with E-state index in [1.165, 1.54) is 0 Å². The molecule has 1 aliphatic heterocycles. The van der Waals surface area contributed by atoms with E-state index in [4.69, 9.17) is 9.47 Å². The fourth-order valence-electron chi connectivity index (χ4n) is 3.90. The van der Waals surface area contributed by atoms with Crippen LogP contribution in [-0.2, 0) is 6.61 Å². The van der Waals surface area contributed by atoms with E-state index in [2.05, 4.69) is 15.6 Å². The molecule has 35 heavy (non-hydrogen) atoms. The van der Waals surface area contributed by atoms with Crippen molar-refractivity contribution in [2.45, 2.75) is 32.4 Å². The quantitative estimate of drug-likeness (QED) is 0.502. The van der Waals surface area contributed by atoms with E-state index in [1.54, 1.807) is 35.5 Å². The third-order valence-electron chi connectivity index (χ3n) is 5.79. The first kappa shape index (κ1) is 24.1. The molecule has 1 aromatic heterocycles. The number of likely N-dealkylation sites (tertiary alicyclic amines) is 1. The van der Waals surface area contributed by atoms with Gasteiger partial charge in [0.25, 0.3) is 5.91 Å². The summed E-state index contributed by atoms with van der Waals surface area (Å²) in [5.74, 6) is 0.943. The molecule has 4 rings (SSSR count). The Hall–Kier alpha value is -4.07. The van der Waals surface area contributed by atoms with Gasteiger partial charge >= 0.3 is 6.03 Å². The van der Waals surface area contributed by atoms with Gasteiger partial charge in [-0.2, -0.15) is 0 Å². The number of urea groups is 1. The number of piperidine rings is 1. The summed E-state index contributed by atoms with van der Waals surface area (Å²) in [4.78, 5) is 31.2. The largest absolute Gasteiger partial charge is 0.490 e. The molecule has 2 N–H and O–H groups in total. The van der Waals surface area contributed by atoms with Gasteiger partial charge in [-0.25, -0.2) is 4.79 Å². The van der Waals surface area contributed by atoms with E-state index >= 15 is 0 Å². The van der Waals surface area contributed by atoms with Crippen LogP contribution in [-0.4, -0.2) is 47.6 Å². The van der Waals surface area contributed by atoms with Crippen LogP contribution in [0.25, 0.3) is 0 Å². The molecule has 0 atom stereocenters. The molecule has 8 nitrogen and oxygen atoms in total. The molecule has 182 valence electrons. The summed E-state index contributed by atoms with van der Waals surface area (Å²) >= 11 is 0. The third kappa shape index (κ3) is 6.72. The van der Waals surface area contributed by atoms with Crippen molar-refractivity contribution in [3.8, 4) is 11.5 Å². The van der Waals surface area contributed by atoms with Gasteiger partial charge in [-0.15, -0.1) is 0 Å². The molecule has 0 saturated carbocycles. The number of nitrogens with one attached hydrogen (secondary N) is 2. The number of hydrogen-bond donors (Lipinski definition) is 2. The minimum absolute atomic E-state index is 0.00133. The number of para-hydroxylation sites is 1. The maximum absolute atomic E-state index is 12.9. The summed E-state index contributed by atoms with van der Waals surface area (Å²) < 4.78 is 11.6. The number of nitrogens with zero attached hydrogens (tertiary/aromatic N) is 2. The number of anilines is 1. The predicted molar refractivity (Wildman–Crippen MR) is 134 cm³/mol. The molecule has 0 spiro atoms. The first-order chi connectivity index (χ1) is 17.1. The van der Waals surface area contributed by atoms with Gasteiger partial charge in [-0.1, -0.05) is 18.2 Å². The summed E-state index contributed by atoms with van der Waals surface area (Å²) in [7, 11) is 0. The van der Waals surface area contributed by atoms with Crippen molar-refractivity contribution in [2.75, 3.05) is 25.0 Å². The second kappa shape index (κ2) is 11.9. The van der Waals surface area contributed by atoms with Crippen LogP contribution < -0.4 is 20.1 Å². The molecular weight excluding hydrogens is 444 g/mol. The summed E-state index contributed by atoms with van der Waals surface area (Å²) in [5.41, 5.74) is 2.27. The van der Waals surface area contributed by atoms with Gasteiger partial charge in [0.15, 0.2) is 11.5 Å². The molecule has 0 unspecified atom stereocenters. The summed E-state index contributed by atoms with van der Waals surface area (Å²) in [5, 5.41) is 6.00. The second-order valence-electron chi connectivity index (χ2n) is 8.27. The van der Waals surface area contributed by atoms with Crippen molar-refractivity contribution in [3.63, 3.8) is 0 Å². The van der Waals surface area contributed by atoms with E-state index in [-0.39, 0.29) is 18.0 Å². The van der Waals surface area contributed by atoms with Crippen LogP contribution in [0.15, 0.2) is 73.1 Å². The number of pyridine rings is 1. The molecule has 0 radical (unpaired) electrons. The van der Waals surface area contributed by atoms with Crippen LogP contribution in [0.5, 0.6) is 11.5 Å². The molecule has 1 fully saturated rings. The molecule has 8 heteroatoms. The molecule has 0 bridgehead atoms. The van der Waals surface area contributed by atoms with Crippen LogP contribution in [0.2, 0.25) is 0 Å². The maximum atomic E-state index is 12.9. The second-order valence-corrected chi connectivity index (χ2v) is 8.27. The zero-order chi connectivity index (χ0) is 24.5. The summed E-state index contributed by atoms with van der Waals surface area (Å²) in [6.45, 7) is 3.89. The molecule has 2 aromatic carbocycles. The highest BCUT2D eigenvalue weighted by molar-refractivity contribution is 5.95. The number of benzene rings is 2. The number of rotatable bonds is 8. The Morgan fingerprint density at radius 2 is 1.71 bits per heavy atom. The zero-order valence-electron chi connectivity index (χ0n) is 19.8. The van der Waals surface area contributed by atoms with Gasteiger partial charge in [0.1, 0.15) is 6.61 Å². The van der Waals surface area contributed by atoms with E-state index in [0.717, 1.165) is 11.3 Å². The fourth-order valence-corrected chi connectivity index (χ4v) is 3.90. The Morgan fingerprint density at radius 3 is 2.43 bits per heavy atom. The van der Waals surface area contributed by atoms with Crippen molar-refractivity contribution in [1.29, 1.82) is 0 Å². The number of aromatic nitrogens is 1. The average molecular weight is 475 g/mol. The number of amides is 3. The molecule has 2 heterocycles. The number of hydrogen-bond acceptors (Lipinski definition) is 5. The minimum Gasteiger partial charge on any atom is -0.490 e. The highest BCUT2D eigenvalue weighted by Gasteiger charge is 2.24. The lowest BCUT2D eigenvalue weighted by Gasteiger charge is -2.32. The summed E-state index contributed by atoms with van der Waals surface area (Å²) in [6.07, 6.45) is 4.82. The monoisotopic (exact) mass is 474 g/mol. The van der Waals surface area contributed by atoms with Crippen LogP contribution >= 0.6 is 0 Å². The molecular formula is C27H30N4O4. The van der Waals surface area contributed by atoms with Crippen LogP contribution in [0, 0.1) is 0 Å². The van der Waals surface area contributed by atoms with Crippen molar-refractivity contribution in [1.82, 2.24) is 15.2 Å². The van der Waals surface area contributed by atoms with Crippen molar-refractivity contribution in [3.05, 3.63) is 84.2 Å². The Bertz CT molecular complexity index is 1120. The van der Waals surface area contributed by atoms with Crippen molar-refractivity contribution >= 4 is 17.6 Å². The third-order valence-corrected chi connectivity index (χ3v) is 5.79. The van der Waals surface area contributed by atoms with Crippen molar-refractivity contribution in [2.24, 2.45) is 0 Å². The van der Waals surface area contributed by atoms with Gasteiger partial charge in [-0.05, 0) is 67.8 Å². The minimum atomic E-state index is -0.168. The van der Waals surface area contributed by atoms with E-state index in [1.807, 2.05) is 49.4 Å². The van der Waals surface area contributed by atoms with Gasteiger partial charge in [0, 0.05) is 42.8 Å². The van der Waals surface area contributed by atoms with Crippen LogP contribution in [0.3, 0.4) is 0 Å².